The van der Waals surface area contributed by atoms with Gasteiger partial charge in [-0.1, -0.05) is 31.6 Å². The maximum absolute atomic E-state index is 11.5. The first-order valence-electron chi connectivity index (χ1n) is 5.37. The molecule has 16 heavy (non-hydrogen) atoms. The van der Waals surface area contributed by atoms with Gasteiger partial charge in [0.1, 0.15) is 0 Å². The zero-order valence-electron chi connectivity index (χ0n) is 10.1. The molecule has 88 valence electrons. The van der Waals surface area contributed by atoms with Crippen LogP contribution in [0.4, 0.5) is 0 Å². The molecule has 0 aromatic rings. The van der Waals surface area contributed by atoms with Crippen LogP contribution >= 0.6 is 0 Å². The van der Waals surface area contributed by atoms with Crippen LogP contribution in [0.2, 0.25) is 0 Å². The normalized spacial score (nSPS) is 12.1. The molecule has 0 aromatic heterocycles. The molecule has 1 N–H and O–H groups in total. The van der Waals surface area contributed by atoms with Gasteiger partial charge in [0, 0.05) is 6.08 Å². The predicted molar refractivity (Wildman–Crippen MR) is 69.5 cm³/mol. The molecule has 0 rings (SSSR count). The number of nitrogens with one attached hydrogen (secondary N) is 1. The molecule has 0 aliphatic heterocycles. The minimum absolute atomic E-state index is 0.0930. The fourth-order valence-electron chi connectivity index (χ4n) is 1.22. The summed E-state index contributed by atoms with van der Waals surface area (Å²) in [5.41, 5.74) is 1.78. The van der Waals surface area contributed by atoms with Crippen LogP contribution < -0.4 is 5.32 Å². The summed E-state index contributed by atoms with van der Waals surface area (Å²) in [6, 6.07) is 0. The van der Waals surface area contributed by atoms with Crippen LogP contribution in [0.1, 0.15) is 26.7 Å². The molecule has 0 radical (unpaired) electrons. The number of carbonyl (C=O) groups excluding carboxylic acids is 1. The van der Waals surface area contributed by atoms with E-state index < -0.39 is 0 Å². The van der Waals surface area contributed by atoms with Gasteiger partial charge in [0.05, 0.1) is 12.2 Å². The smallest absolute Gasteiger partial charge is 0.244 e. The van der Waals surface area contributed by atoms with E-state index in [1.165, 1.54) is 0 Å². The summed E-state index contributed by atoms with van der Waals surface area (Å²) < 4.78 is 0. The number of hydrogen-bond acceptors (Lipinski definition) is 2. The van der Waals surface area contributed by atoms with Crippen LogP contribution in [0.3, 0.4) is 0 Å². The lowest BCUT2D eigenvalue weighted by Crippen LogP contribution is -2.23. The number of allylic oxidation sites excluding steroid dienone is 3. The first-order chi connectivity index (χ1) is 7.63. The minimum Gasteiger partial charge on any atom is -0.347 e. The van der Waals surface area contributed by atoms with E-state index in [1.807, 2.05) is 6.92 Å². The number of rotatable bonds is 7. The van der Waals surface area contributed by atoms with E-state index in [4.69, 9.17) is 0 Å². The third-order valence-corrected chi connectivity index (χ3v) is 1.98. The molecule has 0 heterocycles. The van der Waals surface area contributed by atoms with Crippen molar-refractivity contribution in [2.24, 2.45) is 4.99 Å². The third kappa shape index (κ3) is 6.76. The zero-order chi connectivity index (χ0) is 12.4. The lowest BCUT2D eigenvalue weighted by molar-refractivity contribution is -0.116. The Hall–Kier alpha value is -1.64. The fourth-order valence-corrected chi connectivity index (χ4v) is 1.22. The molecule has 0 saturated carbocycles. The van der Waals surface area contributed by atoms with Crippen molar-refractivity contribution in [3.63, 3.8) is 0 Å². The highest BCUT2D eigenvalue weighted by atomic mass is 16.1. The monoisotopic (exact) mass is 220 g/mol. The van der Waals surface area contributed by atoms with Gasteiger partial charge in [-0.15, -0.1) is 0 Å². The first-order valence-corrected chi connectivity index (χ1v) is 5.37. The molecule has 0 bridgehead atoms. The third-order valence-electron chi connectivity index (χ3n) is 1.98. The number of aliphatic imine (C=N–C) groups is 1. The van der Waals surface area contributed by atoms with E-state index in [0.717, 1.165) is 18.4 Å². The van der Waals surface area contributed by atoms with Crippen LogP contribution in [0, 0.1) is 0 Å². The number of amides is 1. The van der Waals surface area contributed by atoms with E-state index in [2.05, 4.69) is 30.5 Å². The van der Waals surface area contributed by atoms with Gasteiger partial charge in [-0.2, -0.15) is 0 Å². The van der Waals surface area contributed by atoms with Crippen molar-refractivity contribution < 1.29 is 4.79 Å². The maximum atomic E-state index is 11.5. The molecule has 0 aliphatic rings. The summed E-state index contributed by atoms with van der Waals surface area (Å²) in [4.78, 5) is 15.2. The van der Waals surface area contributed by atoms with Gasteiger partial charge < -0.3 is 5.32 Å². The number of nitrogens with zero attached hydrogens (tertiary/aromatic N) is 1. The summed E-state index contributed by atoms with van der Waals surface area (Å²) >= 11 is 0. The fraction of sp³-hybridized carbons (Fsp3) is 0.385. The molecule has 0 fully saturated rings. The summed E-state index contributed by atoms with van der Waals surface area (Å²) in [5, 5.41) is 2.74. The van der Waals surface area contributed by atoms with E-state index in [0.29, 0.717) is 12.2 Å². The van der Waals surface area contributed by atoms with E-state index in [1.54, 1.807) is 18.2 Å². The van der Waals surface area contributed by atoms with E-state index >= 15 is 0 Å². The Morgan fingerprint density at radius 2 is 2.19 bits per heavy atom. The molecular weight excluding hydrogens is 200 g/mol. The van der Waals surface area contributed by atoms with Crippen LogP contribution in [0.15, 0.2) is 41.1 Å². The summed E-state index contributed by atoms with van der Waals surface area (Å²) in [6.07, 6.45) is 6.95. The Balaban J connectivity index is 4.16. The first kappa shape index (κ1) is 14.4. The minimum atomic E-state index is -0.0930. The lowest BCUT2D eigenvalue weighted by Gasteiger charge is -2.03. The van der Waals surface area contributed by atoms with E-state index in [-0.39, 0.29) is 5.91 Å². The Morgan fingerprint density at radius 1 is 1.50 bits per heavy atom. The SMILES string of the molecule is C=C/C=C(/CNC(=O)/C=C(\C)CCC)N=C. The van der Waals surface area contributed by atoms with Crippen molar-refractivity contribution in [3.8, 4) is 0 Å². The topological polar surface area (TPSA) is 41.5 Å². The lowest BCUT2D eigenvalue weighted by atomic mass is 10.1. The summed E-state index contributed by atoms with van der Waals surface area (Å²) in [7, 11) is 0. The second-order valence-corrected chi connectivity index (χ2v) is 3.51. The van der Waals surface area contributed by atoms with Crippen molar-refractivity contribution in [1.29, 1.82) is 0 Å². The molecule has 1 amide bonds. The number of carbonyl (C=O) groups is 1. The molecule has 0 aromatic carbocycles. The second kappa shape index (κ2) is 8.65. The van der Waals surface area contributed by atoms with Gasteiger partial charge in [-0.05, 0) is 26.1 Å². The van der Waals surface area contributed by atoms with Gasteiger partial charge >= 0.3 is 0 Å². The maximum Gasteiger partial charge on any atom is 0.244 e. The Bertz CT molecular complexity index is 314. The molecule has 0 unspecified atom stereocenters. The van der Waals surface area contributed by atoms with Crippen LogP contribution in [-0.4, -0.2) is 19.2 Å². The highest BCUT2D eigenvalue weighted by molar-refractivity contribution is 5.88. The standard InChI is InChI=1S/C13H20N2O/c1-5-7-11(3)9-13(16)15-10-12(14-4)8-6-2/h6,8-9H,2,4-5,7,10H2,1,3H3,(H,15,16)/b11-9+,12-8-. The van der Waals surface area contributed by atoms with Gasteiger partial charge in [0.25, 0.3) is 0 Å². The molecule has 0 aliphatic carbocycles. The second-order valence-electron chi connectivity index (χ2n) is 3.51. The Labute approximate surface area is 97.7 Å². The van der Waals surface area contributed by atoms with Gasteiger partial charge in [0.15, 0.2) is 0 Å². The van der Waals surface area contributed by atoms with Crippen LogP contribution in [-0.2, 0) is 4.79 Å². The molecular formula is C13H20N2O. The number of hydrogen-bond donors (Lipinski definition) is 1. The van der Waals surface area contributed by atoms with E-state index in [9.17, 15) is 4.79 Å². The zero-order valence-corrected chi connectivity index (χ0v) is 10.1. The predicted octanol–water partition coefficient (Wildman–Crippen LogP) is 2.62. The van der Waals surface area contributed by atoms with Crippen LogP contribution in [0.25, 0.3) is 0 Å². The van der Waals surface area contributed by atoms with Crippen molar-refractivity contribution in [1.82, 2.24) is 5.32 Å². The summed E-state index contributed by atoms with van der Waals surface area (Å²) in [6.45, 7) is 11.4. The summed E-state index contributed by atoms with van der Waals surface area (Å²) in [5.74, 6) is -0.0930. The van der Waals surface area contributed by atoms with Gasteiger partial charge in [-0.3, -0.25) is 9.79 Å². The highest BCUT2D eigenvalue weighted by Crippen LogP contribution is 2.02. The molecule has 0 saturated heterocycles. The average Bonchev–Trinajstić information content (AvgIpc) is 2.24. The van der Waals surface area contributed by atoms with Crippen molar-refractivity contribution in [2.45, 2.75) is 26.7 Å². The van der Waals surface area contributed by atoms with Gasteiger partial charge in [0.2, 0.25) is 5.91 Å². The molecule has 3 nitrogen and oxygen atoms in total. The molecule has 0 atom stereocenters. The van der Waals surface area contributed by atoms with Crippen molar-refractivity contribution in [3.05, 3.63) is 36.1 Å². The molecule has 3 heteroatoms. The molecule has 0 spiro atoms. The highest BCUT2D eigenvalue weighted by Gasteiger charge is 1.98. The quantitative estimate of drug-likeness (QED) is 0.400. The van der Waals surface area contributed by atoms with Crippen molar-refractivity contribution >= 4 is 12.6 Å². The Morgan fingerprint density at radius 3 is 2.69 bits per heavy atom. The average molecular weight is 220 g/mol. The largest absolute Gasteiger partial charge is 0.347 e. The van der Waals surface area contributed by atoms with Gasteiger partial charge in [-0.25, -0.2) is 0 Å². The van der Waals surface area contributed by atoms with Crippen molar-refractivity contribution in [2.75, 3.05) is 6.54 Å². The Kier molecular flexibility index (Phi) is 7.76. The van der Waals surface area contributed by atoms with Crippen LogP contribution in [0.5, 0.6) is 0 Å².